The lowest BCUT2D eigenvalue weighted by atomic mass is 10.2. The molecule has 1 N–H and O–H groups in total. The van der Waals surface area contributed by atoms with Gasteiger partial charge in [-0.25, -0.2) is 0 Å². The van der Waals surface area contributed by atoms with Gasteiger partial charge in [0, 0.05) is 31.7 Å². The first-order valence-electron chi connectivity index (χ1n) is 9.79. The summed E-state index contributed by atoms with van der Waals surface area (Å²) in [6.07, 6.45) is 1.25. The van der Waals surface area contributed by atoms with Crippen LogP contribution in [0.4, 0.5) is 0 Å². The summed E-state index contributed by atoms with van der Waals surface area (Å²) in [6, 6.07) is 7.92. The van der Waals surface area contributed by atoms with Gasteiger partial charge < -0.3 is 19.3 Å². The Kier molecular flexibility index (Phi) is 7.06. The smallest absolute Gasteiger partial charge is 0.257 e. The third-order valence-corrected chi connectivity index (χ3v) is 4.95. The Morgan fingerprint density at radius 1 is 1.32 bits per heavy atom. The molecule has 0 aliphatic carbocycles. The quantitative estimate of drug-likeness (QED) is 0.713. The van der Waals surface area contributed by atoms with Crippen LogP contribution in [-0.2, 0) is 22.7 Å². The molecule has 1 aromatic heterocycles. The van der Waals surface area contributed by atoms with Crippen molar-refractivity contribution in [3.8, 4) is 5.75 Å². The van der Waals surface area contributed by atoms with Gasteiger partial charge in [0.2, 0.25) is 0 Å². The molecule has 1 aliphatic heterocycles. The standard InChI is InChI=1S/C21H29N3O4/c1-4-22-21(25)14-27-18-7-5-17(6-8-18)11-24-10-9-19(12-24)26-13-20-15(2)23-28-16(20)3/h5-8,19H,4,9-14H2,1-3H3,(H,22,25). The molecule has 7 heteroatoms. The van der Waals surface area contributed by atoms with Gasteiger partial charge in [-0.3, -0.25) is 9.69 Å². The monoisotopic (exact) mass is 387 g/mol. The number of hydrogen-bond donors (Lipinski definition) is 1. The molecule has 1 unspecified atom stereocenters. The first-order valence-corrected chi connectivity index (χ1v) is 9.79. The van der Waals surface area contributed by atoms with Crippen molar-refractivity contribution in [1.82, 2.24) is 15.4 Å². The Labute approximate surface area is 166 Å². The summed E-state index contributed by atoms with van der Waals surface area (Å²) in [5.41, 5.74) is 3.18. The van der Waals surface area contributed by atoms with Crippen molar-refractivity contribution >= 4 is 5.91 Å². The largest absolute Gasteiger partial charge is 0.484 e. The van der Waals surface area contributed by atoms with E-state index in [0.717, 1.165) is 43.1 Å². The fourth-order valence-electron chi connectivity index (χ4n) is 3.33. The van der Waals surface area contributed by atoms with Gasteiger partial charge in [0.1, 0.15) is 11.5 Å². The van der Waals surface area contributed by atoms with E-state index in [-0.39, 0.29) is 18.6 Å². The number of nitrogens with zero attached hydrogens (tertiary/aromatic N) is 2. The molecular weight excluding hydrogens is 358 g/mol. The zero-order valence-electron chi connectivity index (χ0n) is 16.9. The van der Waals surface area contributed by atoms with E-state index in [2.05, 4.69) is 15.4 Å². The lowest BCUT2D eigenvalue weighted by molar-refractivity contribution is -0.122. The Morgan fingerprint density at radius 2 is 2.11 bits per heavy atom. The van der Waals surface area contributed by atoms with Crippen molar-refractivity contribution in [2.75, 3.05) is 26.2 Å². The van der Waals surface area contributed by atoms with E-state index < -0.39 is 0 Å². The Bertz CT molecular complexity index is 753. The van der Waals surface area contributed by atoms with Gasteiger partial charge in [-0.05, 0) is 44.9 Å². The molecule has 0 radical (unpaired) electrons. The number of carbonyl (C=O) groups is 1. The van der Waals surface area contributed by atoms with Gasteiger partial charge in [-0.2, -0.15) is 0 Å². The maximum atomic E-state index is 11.4. The predicted octanol–water partition coefficient (Wildman–Crippen LogP) is 2.60. The summed E-state index contributed by atoms with van der Waals surface area (Å²) >= 11 is 0. The molecule has 28 heavy (non-hydrogen) atoms. The fourth-order valence-corrected chi connectivity index (χ4v) is 3.33. The summed E-state index contributed by atoms with van der Waals surface area (Å²) in [6.45, 7) is 9.77. The highest BCUT2D eigenvalue weighted by Crippen LogP contribution is 2.21. The second-order valence-corrected chi connectivity index (χ2v) is 7.15. The lowest BCUT2D eigenvalue weighted by Crippen LogP contribution is -2.28. The van der Waals surface area contributed by atoms with E-state index in [4.69, 9.17) is 14.0 Å². The average molecular weight is 387 g/mol. The predicted molar refractivity (Wildman–Crippen MR) is 105 cm³/mol. The van der Waals surface area contributed by atoms with Crippen LogP contribution in [0.15, 0.2) is 28.8 Å². The summed E-state index contributed by atoms with van der Waals surface area (Å²) < 4.78 is 16.8. The zero-order chi connectivity index (χ0) is 19.9. The van der Waals surface area contributed by atoms with Gasteiger partial charge in [0.25, 0.3) is 5.91 Å². The molecule has 1 aliphatic rings. The van der Waals surface area contributed by atoms with Crippen LogP contribution < -0.4 is 10.1 Å². The van der Waals surface area contributed by atoms with E-state index in [9.17, 15) is 4.79 Å². The minimum atomic E-state index is -0.105. The Hall–Kier alpha value is -2.38. The van der Waals surface area contributed by atoms with Crippen molar-refractivity contribution < 1.29 is 18.8 Å². The molecule has 152 valence electrons. The van der Waals surface area contributed by atoms with Crippen LogP contribution in [0.5, 0.6) is 5.75 Å². The number of likely N-dealkylation sites (tertiary alicyclic amines) is 1. The number of benzene rings is 1. The van der Waals surface area contributed by atoms with Crippen LogP contribution in [0.25, 0.3) is 0 Å². The third kappa shape index (κ3) is 5.56. The van der Waals surface area contributed by atoms with Crippen molar-refractivity contribution in [3.05, 3.63) is 46.8 Å². The highest BCUT2D eigenvalue weighted by Gasteiger charge is 2.24. The molecule has 1 aromatic carbocycles. The average Bonchev–Trinajstić information content (AvgIpc) is 3.26. The van der Waals surface area contributed by atoms with Crippen LogP contribution in [0.2, 0.25) is 0 Å². The van der Waals surface area contributed by atoms with Crippen molar-refractivity contribution in [2.45, 2.75) is 46.4 Å². The molecule has 2 aromatic rings. The van der Waals surface area contributed by atoms with Gasteiger partial charge in [0.15, 0.2) is 6.61 Å². The second kappa shape index (κ2) is 9.71. The van der Waals surface area contributed by atoms with Crippen LogP contribution in [0.3, 0.4) is 0 Å². The normalized spacial score (nSPS) is 17.0. The number of hydrogen-bond acceptors (Lipinski definition) is 6. The van der Waals surface area contributed by atoms with Crippen molar-refractivity contribution in [1.29, 1.82) is 0 Å². The molecule has 0 saturated carbocycles. The Balaban J connectivity index is 1.42. The van der Waals surface area contributed by atoms with Gasteiger partial charge in [-0.15, -0.1) is 0 Å². The fraction of sp³-hybridized carbons (Fsp3) is 0.524. The number of nitrogens with one attached hydrogen (secondary N) is 1. The van der Waals surface area contributed by atoms with E-state index in [1.807, 2.05) is 45.0 Å². The van der Waals surface area contributed by atoms with Crippen molar-refractivity contribution in [2.24, 2.45) is 0 Å². The number of aryl methyl sites for hydroxylation is 2. The zero-order valence-corrected chi connectivity index (χ0v) is 16.9. The van der Waals surface area contributed by atoms with Crippen LogP contribution in [-0.4, -0.2) is 48.3 Å². The van der Waals surface area contributed by atoms with Crippen LogP contribution in [0.1, 0.15) is 35.9 Å². The number of ether oxygens (including phenoxy) is 2. The first kappa shape index (κ1) is 20.4. The van der Waals surface area contributed by atoms with Crippen LogP contribution >= 0.6 is 0 Å². The number of rotatable bonds is 9. The molecule has 2 heterocycles. The maximum absolute atomic E-state index is 11.4. The minimum absolute atomic E-state index is 0.0451. The van der Waals surface area contributed by atoms with E-state index >= 15 is 0 Å². The van der Waals surface area contributed by atoms with E-state index in [0.29, 0.717) is 18.9 Å². The highest BCUT2D eigenvalue weighted by molar-refractivity contribution is 5.77. The van der Waals surface area contributed by atoms with Gasteiger partial charge in [0.05, 0.1) is 18.4 Å². The molecule has 1 fully saturated rings. The topological polar surface area (TPSA) is 76.8 Å². The summed E-state index contributed by atoms with van der Waals surface area (Å²) in [4.78, 5) is 13.8. The molecule has 3 rings (SSSR count). The lowest BCUT2D eigenvalue weighted by Gasteiger charge is -2.16. The SMILES string of the molecule is CCNC(=O)COc1ccc(CN2CCC(OCc3c(C)noc3C)C2)cc1. The van der Waals surface area contributed by atoms with E-state index in [1.165, 1.54) is 5.56 Å². The summed E-state index contributed by atoms with van der Waals surface area (Å²) in [5.74, 6) is 1.44. The minimum Gasteiger partial charge on any atom is -0.484 e. The Morgan fingerprint density at radius 3 is 2.79 bits per heavy atom. The third-order valence-electron chi connectivity index (χ3n) is 4.95. The molecule has 0 spiro atoms. The molecule has 0 bridgehead atoms. The molecule has 1 saturated heterocycles. The molecular formula is C21H29N3O4. The number of carbonyl (C=O) groups excluding carboxylic acids is 1. The summed E-state index contributed by atoms with van der Waals surface area (Å²) in [5, 5.41) is 6.69. The van der Waals surface area contributed by atoms with Gasteiger partial charge >= 0.3 is 0 Å². The van der Waals surface area contributed by atoms with Crippen molar-refractivity contribution in [3.63, 3.8) is 0 Å². The van der Waals surface area contributed by atoms with Crippen LogP contribution in [0, 0.1) is 13.8 Å². The number of amides is 1. The van der Waals surface area contributed by atoms with E-state index in [1.54, 1.807) is 0 Å². The highest BCUT2D eigenvalue weighted by atomic mass is 16.5. The molecule has 7 nitrogen and oxygen atoms in total. The second-order valence-electron chi connectivity index (χ2n) is 7.15. The number of likely N-dealkylation sites (N-methyl/N-ethyl adjacent to an activating group) is 1. The number of aromatic nitrogens is 1. The van der Waals surface area contributed by atoms with Gasteiger partial charge in [-0.1, -0.05) is 17.3 Å². The summed E-state index contributed by atoms with van der Waals surface area (Å²) in [7, 11) is 0. The molecule has 1 amide bonds. The molecule has 1 atom stereocenters. The maximum Gasteiger partial charge on any atom is 0.257 e. The first-order chi connectivity index (χ1) is 13.5.